The normalized spacial score (nSPS) is 12.2. The average Bonchev–Trinajstić information content (AvgIpc) is 2.87. The second-order valence-electron chi connectivity index (χ2n) is 5.80. The Kier molecular flexibility index (Phi) is 8.48. The molecule has 6 heteroatoms. The molecular weight excluding hydrogens is 304 g/mol. The summed E-state index contributed by atoms with van der Waals surface area (Å²) in [5.41, 5.74) is 1.01. The summed E-state index contributed by atoms with van der Waals surface area (Å²) in [6.45, 7) is 5.69. The summed E-state index contributed by atoms with van der Waals surface area (Å²) in [4.78, 5) is 0. The Morgan fingerprint density at radius 3 is 2.57 bits per heavy atom. The average molecular weight is 333 g/mol. The van der Waals surface area contributed by atoms with E-state index in [1.54, 1.807) is 6.07 Å². The maximum Gasteiger partial charge on any atom is 0.250 e. The van der Waals surface area contributed by atoms with E-state index in [9.17, 15) is 8.42 Å². The largest absolute Gasteiger partial charge is 0.316 e. The molecule has 1 aromatic rings. The Hall–Kier alpha value is -0.430. The zero-order valence-corrected chi connectivity index (χ0v) is 14.9. The zero-order chi connectivity index (χ0) is 15.7. The minimum atomic E-state index is -3.32. The summed E-state index contributed by atoms with van der Waals surface area (Å²) in [7, 11) is -1.47. The van der Waals surface area contributed by atoms with Crippen molar-refractivity contribution in [2.24, 2.45) is 5.92 Å². The van der Waals surface area contributed by atoms with Crippen LogP contribution in [0.5, 0.6) is 0 Å². The molecule has 4 nitrogen and oxygen atoms in total. The van der Waals surface area contributed by atoms with Gasteiger partial charge in [0.1, 0.15) is 4.21 Å². The fraction of sp³-hybridized carbons (Fsp3) is 0.733. The third-order valence-electron chi connectivity index (χ3n) is 3.28. The minimum Gasteiger partial charge on any atom is -0.316 e. The quantitative estimate of drug-likeness (QED) is 0.611. The van der Waals surface area contributed by atoms with Crippen LogP contribution >= 0.6 is 11.3 Å². The molecule has 0 fully saturated rings. The Balaban J connectivity index is 2.26. The molecule has 0 bridgehead atoms. The second kappa shape index (κ2) is 9.56. The van der Waals surface area contributed by atoms with Crippen LogP contribution in [-0.2, 0) is 16.6 Å². The van der Waals surface area contributed by atoms with E-state index in [0.29, 0.717) is 17.3 Å². The van der Waals surface area contributed by atoms with Gasteiger partial charge >= 0.3 is 0 Å². The van der Waals surface area contributed by atoms with Gasteiger partial charge in [0.2, 0.25) is 10.0 Å². The fourth-order valence-corrected chi connectivity index (χ4v) is 4.43. The van der Waals surface area contributed by atoms with E-state index < -0.39 is 10.0 Å². The Labute approximate surface area is 133 Å². The van der Waals surface area contributed by atoms with Crippen molar-refractivity contribution in [3.63, 3.8) is 0 Å². The van der Waals surface area contributed by atoms with Crippen molar-refractivity contribution in [2.45, 2.75) is 56.7 Å². The van der Waals surface area contributed by atoms with Crippen LogP contribution in [0.4, 0.5) is 0 Å². The summed E-state index contributed by atoms with van der Waals surface area (Å²) in [5.74, 6) is 0.758. The van der Waals surface area contributed by atoms with Crippen LogP contribution in [0.1, 0.15) is 51.5 Å². The molecule has 0 saturated carbocycles. The molecule has 0 spiro atoms. The molecule has 0 aliphatic heterocycles. The van der Waals surface area contributed by atoms with Crippen molar-refractivity contribution in [1.82, 2.24) is 10.0 Å². The molecule has 0 aliphatic rings. The van der Waals surface area contributed by atoms with Gasteiger partial charge in [-0.2, -0.15) is 0 Å². The van der Waals surface area contributed by atoms with Gasteiger partial charge in [-0.15, -0.1) is 11.3 Å². The Morgan fingerprint density at radius 1 is 1.19 bits per heavy atom. The molecule has 21 heavy (non-hydrogen) atoms. The number of thiophene rings is 1. The summed E-state index contributed by atoms with van der Waals surface area (Å²) in [6.07, 6.45) is 5.68. The SMILES string of the molecule is CNCc1csc(S(=O)(=O)NCCCCCCC(C)C)c1. The first-order valence-electron chi connectivity index (χ1n) is 7.67. The summed E-state index contributed by atoms with van der Waals surface area (Å²) >= 11 is 1.28. The summed E-state index contributed by atoms with van der Waals surface area (Å²) in [5, 5.41) is 4.91. The van der Waals surface area contributed by atoms with Crippen molar-refractivity contribution in [3.8, 4) is 0 Å². The van der Waals surface area contributed by atoms with Gasteiger partial charge in [-0.25, -0.2) is 13.1 Å². The van der Waals surface area contributed by atoms with Crippen molar-refractivity contribution in [1.29, 1.82) is 0 Å². The van der Waals surface area contributed by atoms with E-state index in [2.05, 4.69) is 23.9 Å². The van der Waals surface area contributed by atoms with E-state index in [-0.39, 0.29) is 0 Å². The maximum atomic E-state index is 12.1. The van der Waals surface area contributed by atoms with Crippen molar-refractivity contribution in [3.05, 3.63) is 17.0 Å². The van der Waals surface area contributed by atoms with Gasteiger partial charge in [-0.3, -0.25) is 0 Å². The molecular formula is C15H28N2O2S2. The van der Waals surface area contributed by atoms with Gasteiger partial charge in [0.15, 0.2) is 0 Å². The van der Waals surface area contributed by atoms with E-state index >= 15 is 0 Å². The number of nitrogens with one attached hydrogen (secondary N) is 2. The third-order valence-corrected chi connectivity index (χ3v) is 6.23. The second-order valence-corrected chi connectivity index (χ2v) is 8.70. The smallest absolute Gasteiger partial charge is 0.250 e. The van der Waals surface area contributed by atoms with Crippen LogP contribution in [0.25, 0.3) is 0 Å². The summed E-state index contributed by atoms with van der Waals surface area (Å²) in [6, 6.07) is 1.74. The van der Waals surface area contributed by atoms with Gasteiger partial charge in [0, 0.05) is 13.1 Å². The number of hydrogen-bond acceptors (Lipinski definition) is 4. The van der Waals surface area contributed by atoms with Crippen LogP contribution in [0, 0.1) is 5.92 Å². The molecule has 2 N–H and O–H groups in total. The van der Waals surface area contributed by atoms with Gasteiger partial charge in [0.25, 0.3) is 0 Å². The van der Waals surface area contributed by atoms with Crippen LogP contribution in [-0.4, -0.2) is 22.0 Å². The van der Waals surface area contributed by atoms with Crippen molar-refractivity contribution >= 4 is 21.4 Å². The van der Waals surface area contributed by atoms with Crippen molar-refractivity contribution in [2.75, 3.05) is 13.6 Å². The molecule has 0 aliphatic carbocycles. The number of hydrogen-bond donors (Lipinski definition) is 2. The highest BCUT2D eigenvalue weighted by Crippen LogP contribution is 2.20. The predicted octanol–water partition coefficient (Wildman–Crippen LogP) is 3.35. The first-order valence-corrected chi connectivity index (χ1v) is 10.0. The molecule has 1 aromatic heterocycles. The highest BCUT2D eigenvalue weighted by molar-refractivity contribution is 7.91. The van der Waals surface area contributed by atoms with Crippen LogP contribution < -0.4 is 10.0 Å². The van der Waals surface area contributed by atoms with Crippen LogP contribution in [0.2, 0.25) is 0 Å². The lowest BCUT2D eigenvalue weighted by Crippen LogP contribution is -2.24. The van der Waals surface area contributed by atoms with Gasteiger partial charge in [0.05, 0.1) is 0 Å². The third kappa shape index (κ3) is 7.40. The van der Waals surface area contributed by atoms with Gasteiger partial charge in [-0.1, -0.05) is 39.5 Å². The molecule has 0 aromatic carbocycles. The standard InChI is InChI=1S/C15H28N2O2S2/c1-13(2)8-6-4-5-7-9-17-21(18,19)15-10-14(11-16-3)12-20-15/h10,12-13,16-17H,4-9,11H2,1-3H3. The number of rotatable bonds is 11. The molecule has 0 unspecified atom stereocenters. The molecule has 0 saturated heterocycles. The van der Waals surface area contributed by atoms with Crippen LogP contribution in [0.15, 0.2) is 15.7 Å². The topological polar surface area (TPSA) is 58.2 Å². The fourth-order valence-electron chi connectivity index (χ4n) is 2.10. The van der Waals surface area contributed by atoms with E-state index in [1.165, 1.54) is 30.6 Å². The van der Waals surface area contributed by atoms with Gasteiger partial charge in [-0.05, 0) is 36.4 Å². The number of unbranched alkanes of at least 4 members (excludes halogenated alkanes) is 3. The maximum absolute atomic E-state index is 12.1. The van der Waals surface area contributed by atoms with Gasteiger partial charge < -0.3 is 5.32 Å². The highest BCUT2D eigenvalue weighted by atomic mass is 32.2. The molecule has 0 amide bonds. The van der Waals surface area contributed by atoms with E-state index in [0.717, 1.165) is 24.3 Å². The molecule has 0 atom stereocenters. The van der Waals surface area contributed by atoms with E-state index in [4.69, 9.17) is 0 Å². The van der Waals surface area contributed by atoms with Crippen LogP contribution in [0.3, 0.4) is 0 Å². The molecule has 1 heterocycles. The minimum absolute atomic E-state index is 0.410. The lowest BCUT2D eigenvalue weighted by molar-refractivity contribution is 0.517. The summed E-state index contributed by atoms with van der Waals surface area (Å²) < 4.78 is 27.3. The molecule has 0 radical (unpaired) electrons. The number of sulfonamides is 1. The van der Waals surface area contributed by atoms with E-state index in [1.807, 2.05) is 12.4 Å². The Morgan fingerprint density at radius 2 is 1.90 bits per heavy atom. The molecule has 122 valence electrons. The lowest BCUT2D eigenvalue weighted by atomic mass is 10.0. The van der Waals surface area contributed by atoms with Crippen molar-refractivity contribution < 1.29 is 8.42 Å². The lowest BCUT2D eigenvalue weighted by Gasteiger charge is -2.06. The first kappa shape index (κ1) is 18.6. The zero-order valence-electron chi connectivity index (χ0n) is 13.3. The predicted molar refractivity (Wildman–Crippen MR) is 90.2 cm³/mol. The monoisotopic (exact) mass is 332 g/mol. The highest BCUT2D eigenvalue weighted by Gasteiger charge is 2.15. The Bertz CT molecular complexity index is 496. The first-order chi connectivity index (χ1) is 9.95. The molecule has 1 rings (SSSR count).